The molecule has 2 rings (SSSR count). The summed E-state index contributed by atoms with van der Waals surface area (Å²) in [4.78, 5) is 135. The second kappa shape index (κ2) is 46.2. The van der Waals surface area contributed by atoms with Crippen LogP contribution in [0.4, 0.5) is 0 Å². The van der Waals surface area contributed by atoms with Crippen molar-refractivity contribution >= 4 is 46.5 Å². The summed E-state index contributed by atoms with van der Waals surface area (Å²) in [6.07, 6.45) is 4.13. The molecule has 19 heteroatoms. The molecule has 1 unspecified atom stereocenters. The summed E-state index contributed by atoms with van der Waals surface area (Å²) in [6, 6.07) is 0. The molecule has 0 spiro atoms. The normalized spacial score (nSPS) is 25.2. The fourth-order valence-corrected chi connectivity index (χ4v) is 14.3. The van der Waals surface area contributed by atoms with Gasteiger partial charge in [0.25, 0.3) is 5.79 Å². The minimum Gasteiger partial charge on any atom is -0.443 e. The number of ketones is 7. The summed E-state index contributed by atoms with van der Waals surface area (Å²) in [5.74, 6) is -20.3. The first-order valence-electron chi connectivity index (χ1n) is 38.3. The first-order valence-corrected chi connectivity index (χ1v) is 38.3. The van der Waals surface area contributed by atoms with Crippen molar-refractivity contribution in [3.05, 3.63) is 0 Å². The molecular formula is C76H134O19. The topological polar surface area (TPSA) is 315 Å². The van der Waals surface area contributed by atoms with Gasteiger partial charge in [0.15, 0.2) is 40.5 Å². The second-order valence-corrected chi connectivity index (χ2v) is 27.8. The van der Waals surface area contributed by atoms with Gasteiger partial charge in [0.05, 0.1) is 6.61 Å². The molecule has 552 valence electrons. The molecule has 9 atom stereocenters. The summed E-state index contributed by atoms with van der Waals surface area (Å²) in [7, 11) is 0. The molecule has 0 radical (unpaired) electrons. The Hall–Kier alpha value is -3.24. The molecule has 2 heterocycles. The van der Waals surface area contributed by atoms with Crippen LogP contribution in [0.15, 0.2) is 0 Å². The predicted molar refractivity (Wildman–Crippen MR) is 367 cm³/mol. The van der Waals surface area contributed by atoms with E-state index in [1.807, 2.05) is 55.4 Å². The van der Waals surface area contributed by atoms with Crippen molar-refractivity contribution in [2.24, 2.45) is 0 Å². The van der Waals surface area contributed by atoms with Crippen molar-refractivity contribution in [1.82, 2.24) is 0 Å². The smallest absolute Gasteiger partial charge is 0.307 e. The molecule has 0 amide bonds. The summed E-state index contributed by atoms with van der Waals surface area (Å²) in [5.41, 5.74) is -22.1. The third kappa shape index (κ3) is 21.9. The summed E-state index contributed by atoms with van der Waals surface area (Å²) < 4.78 is 27.0. The Morgan fingerprint density at radius 3 is 1.03 bits per heavy atom. The van der Waals surface area contributed by atoms with Gasteiger partial charge < -0.3 is 54.7 Å². The van der Waals surface area contributed by atoms with Gasteiger partial charge in [0.2, 0.25) is 33.8 Å². The molecule has 0 aromatic carbocycles. The Kier molecular flexibility index (Phi) is 42.8. The molecule has 2 fully saturated rings. The third-order valence-corrected chi connectivity index (χ3v) is 20.1. The van der Waals surface area contributed by atoms with Gasteiger partial charge in [-0.15, -0.1) is 0 Å². The number of esters is 1. The first-order chi connectivity index (χ1) is 45.5. The van der Waals surface area contributed by atoms with Crippen LogP contribution in [0.25, 0.3) is 0 Å². The third-order valence-electron chi connectivity index (χ3n) is 20.1. The highest BCUT2D eigenvalue weighted by molar-refractivity contribution is 6.22. The van der Waals surface area contributed by atoms with Gasteiger partial charge in [-0.25, -0.2) is 0 Å². The zero-order chi connectivity index (χ0) is 71.0. The zero-order valence-electron chi connectivity index (χ0n) is 60.6. The van der Waals surface area contributed by atoms with Crippen molar-refractivity contribution in [3.63, 3.8) is 0 Å². The van der Waals surface area contributed by atoms with E-state index < -0.39 is 169 Å². The summed E-state index contributed by atoms with van der Waals surface area (Å²) in [6.45, 7) is 13.0. The van der Waals surface area contributed by atoms with Gasteiger partial charge in [-0.05, 0) is 51.4 Å². The van der Waals surface area contributed by atoms with E-state index in [1.54, 1.807) is 0 Å². The molecule has 7 N–H and O–H groups in total. The van der Waals surface area contributed by atoms with E-state index in [2.05, 4.69) is 0 Å². The van der Waals surface area contributed by atoms with Gasteiger partial charge in [-0.2, -0.15) is 0 Å². The van der Waals surface area contributed by atoms with E-state index in [0.717, 1.165) is 57.8 Å². The van der Waals surface area contributed by atoms with Crippen LogP contribution in [0.1, 0.15) is 364 Å². The van der Waals surface area contributed by atoms with Crippen molar-refractivity contribution in [3.8, 4) is 0 Å². The predicted octanol–water partition coefficient (Wildman–Crippen LogP) is 13.6. The van der Waals surface area contributed by atoms with Gasteiger partial charge >= 0.3 is 5.97 Å². The molecule has 0 bridgehead atoms. The number of unbranched alkanes of at least 4 members (excludes halogenated alkanes) is 32. The molecule has 0 aromatic rings. The number of rotatable bonds is 61. The molecule has 0 aliphatic carbocycles. The van der Waals surface area contributed by atoms with Crippen LogP contribution >= 0.6 is 0 Å². The number of ether oxygens (including phenoxy) is 4. The highest BCUT2D eigenvalue weighted by Crippen LogP contribution is 2.64. The SMILES string of the molecule is CCCCCCCC(=O)O[C@@]1(C(=O)CCCCCCC)[C@@](O)(C(=O)CCCCCCC)[C@](O)(C(=O)CCCCCCC)[C@@](OC2(CO)O[C@H](CO)[C@@H](O)[C@@H]2O)(C(=O)CCCCCCC)O[C@]1(C(=O)CCCCCCC)C(O)(C(=O)CCCCCCC)C(=O)CCCCCCC. The zero-order valence-corrected chi connectivity index (χ0v) is 60.6. The summed E-state index contributed by atoms with van der Waals surface area (Å²) >= 11 is 0. The van der Waals surface area contributed by atoms with Gasteiger partial charge in [0.1, 0.15) is 24.9 Å². The Labute approximate surface area is 571 Å². The number of hydrogen-bond acceptors (Lipinski definition) is 19. The van der Waals surface area contributed by atoms with Crippen molar-refractivity contribution in [2.75, 3.05) is 13.2 Å². The molecule has 2 saturated heterocycles. The van der Waals surface area contributed by atoms with Gasteiger partial charge in [-0.1, -0.05) is 261 Å². The Morgan fingerprint density at radius 1 is 0.389 bits per heavy atom. The van der Waals surface area contributed by atoms with Crippen LogP contribution in [0, 0.1) is 0 Å². The molecule has 95 heavy (non-hydrogen) atoms. The van der Waals surface area contributed by atoms with Crippen LogP contribution in [0.5, 0.6) is 0 Å². The van der Waals surface area contributed by atoms with Crippen LogP contribution in [-0.2, 0) is 57.3 Å². The lowest BCUT2D eigenvalue weighted by Crippen LogP contribution is -2.99. The van der Waals surface area contributed by atoms with Crippen LogP contribution in [-0.4, -0.2) is 153 Å². The van der Waals surface area contributed by atoms with E-state index in [4.69, 9.17) is 18.9 Å². The highest BCUT2D eigenvalue weighted by atomic mass is 16.8. The van der Waals surface area contributed by atoms with E-state index in [9.17, 15) is 25.5 Å². The van der Waals surface area contributed by atoms with Crippen LogP contribution in [0.3, 0.4) is 0 Å². The molecule has 0 aromatic heterocycles. The average molecular weight is 1350 g/mol. The van der Waals surface area contributed by atoms with Crippen LogP contribution < -0.4 is 0 Å². The quantitative estimate of drug-likeness (QED) is 0.0169. The number of carbonyl (C=O) groups excluding carboxylic acids is 8. The monoisotopic (exact) mass is 1350 g/mol. The van der Waals surface area contributed by atoms with Crippen molar-refractivity contribution in [1.29, 1.82) is 0 Å². The number of Topliss-reactive ketones (excluding diaryl/α,β-unsaturated/α-hetero) is 7. The van der Waals surface area contributed by atoms with E-state index in [1.165, 1.54) is 0 Å². The largest absolute Gasteiger partial charge is 0.443 e. The minimum atomic E-state index is -4.62. The maximum atomic E-state index is 17.5. The number of aliphatic hydroxyl groups excluding tert-OH is 4. The second-order valence-electron chi connectivity index (χ2n) is 27.8. The van der Waals surface area contributed by atoms with E-state index in [0.29, 0.717) is 116 Å². The Balaban J connectivity index is 4.10. The highest BCUT2D eigenvalue weighted by Gasteiger charge is 2.97. The van der Waals surface area contributed by atoms with Crippen molar-refractivity contribution < 1.29 is 93.0 Å². The fourth-order valence-electron chi connectivity index (χ4n) is 14.3. The van der Waals surface area contributed by atoms with E-state index in [-0.39, 0.29) is 83.5 Å². The lowest BCUT2D eigenvalue weighted by Gasteiger charge is -2.68. The number of carbonyl (C=O) groups is 8. The van der Waals surface area contributed by atoms with Crippen LogP contribution in [0.2, 0.25) is 0 Å². The Bertz CT molecular complexity index is 2230. The lowest BCUT2D eigenvalue weighted by atomic mass is 9.47. The Morgan fingerprint density at radius 2 is 0.695 bits per heavy atom. The van der Waals surface area contributed by atoms with Gasteiger partial charge in [0, 0.05) is 51.4 Å². The lowest BCUT2D eigenvalue weighted by molar-refractivity contribution is -0.466. The number of hydrogen-bond donors (Lipinski definition) is 7. The standard InChI is InChI=1S/C76H134O19/c1-9-17-25-33-41-49-60(79)71(89,61(80)50-42-34-26-18-10-2)74(64(83)53-45-37-29-21-13-5)75(65(84)54-46-38-30-22-14-6,93-67(86)56-48-40-32-24-16-8)72(90,62(81)51-43-35-27-19-11-3)73(91,63(82)52-44-36-28-20-12-4)76(95-74,66(85)55-47-39-31-23-15-7)94-70(58-78)69(88)68(87)59(57-77)92-70/h59,68-69,77-78,87-91H,9-58H2,1-8H3/t59-,68-,69+,70?,72-,73-,74-,75+,76-/m1/s1. The fraction of sp³-hybridized carbons (Fsp3) is 0.895. The molecule has 2 aliphatic heterocycles. The molecule has 0 saturated carbocycles. The molecule has 19 nitrogen and oxygen atoms in total. The summed E-state index contributed by atoms with van der Waals surface area (Å²) in [5, 5.41) is 92.4. The van der Waals surface area contributed by atoms with E-state index >= 15 is 48.6 Å². The molecule has 2 aliphatic rings. The average Bonchev–Trinajstić information content (AvgIpc) is 0.654. The van der Waals surface area contributed by atoms with Crippen molar-refractivity contribution in [2.45, 2.75) is 421 Å². The first kappa shape index (κ1) is 87.8. The van der Waals surface area contributed by atoms with Gasteiger partial charge in [-0.3, -0.25) is 38.4 Å². The number of aliphatic hydroxyl groups is 7. The maximum Gasteiger partial charge on any atom is 0.307 e. The minimum absolute atomic E-state index is 0.0356. The maximum absolute atomic E-state index is 17.5. The molecular weight excluding hydrogens is 1220 g/mol.